The minimum absolute atomic E-state index is 0.0490. The van der Waals surface area contributed by atoms with Crippen molar-refractivity contribution in [1.29, 1.82) is 5.26 Å². The summed E-state index contributed by atoms with van der Waals surface area (Å²) in [5.41, 5.74) is 2.20. The molecule has 1 aliphatic rings. The van der Waals surface area contributed by atoms with Crippen LogP contribution in [0.15, 0.2) is 24.3 Å². The number of aryl methyl sites for hydroxylation is 1. The maximum Gasteiger partial charge on any atom is 0.243 e. The number of carbonyl (C=O) groups is 1. The molecule has 19 heavy (non-hydrogen) atoms. The Morgan fingerprint density at radius 1 is 1.42 bits per heavy atom. The number of rotatable bonds is 2. The molecule has 0 spiro atoms. The predicted octanol–water partition coefficient (Wildman–Crippen LogP) is 1.99. The molecule has 4 heteroatoms. The summed E-state index contributed by atoms with van der Waals surface area (Å²) >= 11 is 0. The molecule has 1 aromatic rings. The number of benzene rings is 1. The first-order valence-electron chi connectivity index (χ1n) is 6.62. The summed E-state index contributed by atoms with van der Waals surface area (Å²) < 4.78 is 0. The topological polar surface area (TPSA) is 56.1 Å². The van der Waals surface area contributed by atoms with Crippen LogP contribution in [0, 0.1) is 18.3 Å². The third-order valence-electron chi connectivity index (χ3n) is 3.52. The summed E-state index contributed by atoms with van der Waals surface area (Å²) in [5.74, 6) is -0.0490. The van der Waals surface area contributed by atoms with E-state index >= 15 is 0 Å². The van der Waals surface area contributed by atoms with Crippen LogP contribution in [0.25, 0.3) is 0 Å². The summed E-state index contributed by atoms with van der Waals surface area (Å²) in [7, 11) is 0. The smallest absolute Gasteiger partial charge is 0.243 e. The van der Waals surface area contributed by atoms with Crippen molar-refractivity contribution in [3.8, 4) is 6.07 Å². The molecular weight excluding hydrogens is 238 g/mol. The summed E-state index contributed by atoms with van der Waals surface area (Å²) in [5, 5.41) is 11.9. The maximum absolute atomic E-state index is 12.2. The minimum Gasteiger partial charge on any atom is -0.359 e. The van der Waals surface area contributed by atoms with Crippen molar-refractivity contribution in [2.75, 3.05) is 11.4 Å². The Balaban J connectivity index is 2.30. The molecule has 0 radical (unpaired) electrons. The number of nitrogens with zero attached hydrogens (tertiary/aromatic N) is 2. The predicted molar refractivity (Wildman–Crippen MR) is 74.8 cm³/mol. The number of anilines is 1. The van der Waals surface area contributed by atoms with Gasteiger partial charge in [-0.1, -0.05) is 17.7 Å². The molecule has 0 aromatic heterocycles. The Morgan fingerprint density at radius 2 is 2.11 bits per heavy atom. The van der Waals surface area contributed by atoms with Crippen molar-refractivity contribution in [2.45, 2.75) is 38.8 Å². The Kier molecular flexibility index (Phi) is 4.06. The van der Waals surface area contributed by atoms with E-state index in [2.05, 4.69) is 11.4 Å². The molecule has 1 aromatic carbocycles. The van der Waals surface area contributed by atoms with E-state index in [1.807, 2.05) is 43.0 Å². The Bertz CT molecular complexity index is 489. The third-order valence-corrected chi connectivity index (χ3v) is 3.52. The van der Waals surface area contributed by atoms with Crippen molar-refractivity contribution in [1.82, 2.24) is 5.32 Å². The second-order valence-corrected chi connectivity index (χ2v) is 5.11. The highest BCUT2D eigenvalue weighted by Gasteiger charge is 2.30. The van der Waals surface area contributed by atoms with Gasteiger partial charge in [-0.25, -0.2) is 0 Å². The average Bonchev–Trinajstić information content (AvgIpc) is 2.51. The molecule has 2 unspecified atom stereocenters. The summed E-state index contributed by atoms with van der Waals surface area (Å²) in [6.45, 7) is 4.82. The van der Waals surface area contributed by atoms with E-state index in [9.17, 15) is 4.79 Å². The van der Waals surface area contributed by atoms with E-state index in [0.29, 0.717) is 0 Å². The number of nitrogens with one attached hydrogen (secondary N) is 1. The van der Waals surface area contributed by atoms with Gasteiger partial charge in [0.05, 0.1) is 12.5 Å². The molecule has 1 N–H and O–H groups in total. The molecule has 4 nitrogen and oxygen atoms in total. The highest BCUT2D eigenvalue weighted by Crippen LogP contribution is 2.22. The van der Waals surface area contributed by atoms with Crippen LogP contribution in [0.4, 0.5) is 5.69 Å². The first-order valence-corrected chi connectivity index (χ1v) is 6.62. The highest BCUT2D eigenvalue weighted by molar-refractivity contribution is 5.86. The fraction of sp³-hybridized carbons (Fsp3) is 0.467. The molecule has 1 fully saturated rings. The molecular formula is C15H19N3O. The quantitative estimate of drug-likeness (QED) is 0.881. The molecule has 0 bridgehead atoms. The van der Waals surface area contributed by atoms with Gasteiger partial charge in [0.25, 0.3) is 0 Å². The molecule has 100 valence electrons. The molecule has 1 aliphatic heterocycles. The van der Waals surface area contributed by atoms with Crippen LogP contribution < -0.4 is 10.2 Å². The normalized spacial score (nSPS) is 23.4. The molecule has 1 saturated heterocycles. The Morgan fingerprint density at radius 3 is 2.74 bits per heavy atom. The number of hydrogen-bond acceptors (Lipinski definition) is 3. The highest BCUT2D eigenvalue weighted by atomic mass is 16.2. The molecule has 0 aliphatic carbocycles. The number of amides is 1. The SMILES string of the molecule is Cc1ccc(N2CCC(C)NC(=O)C2CC#N)cc1. The van der Waals surface area contributed by atoms with Gasteiger partial charge < -0.3 is 10.2 Å². The monoisotopic (exact) mass is 257 g/mol. The maximum atomic E-state index is 12.2. The van der Waals surface area contributed by atoms with Gasteiger partial charge in [-0.15, -0.1) is 0 Å². The molecule has 1 heterocycles. The zero-order valence-electron chi connectivity index (χ0n) is 11.4. The van der Waals surface area contributed by atoms with Crippen LogP contribution in [-0.4, -0.2) is 24.5 Å². The van der Waals surface area contributed by atoms with Crippen molar-refractivity contribution in [3.05, 3.63) is 29.8 Å². The zero-order chi connectivity index (χ0) is 13.8. The van der Waals surface area contributed by atoms with Gasteiger partial charge >= 0.3 is 0 Å². The minimum atomic E-state index is -0.391. The van der Waals surface area contributed by atoms with Crippen molar-refractivity contribution in [2.24, 2.45) is 0 Å². The zero-order valence-corrected chi connectivity index (χ0v) is 11.4. The summed E-state index contributed by atoms with van der Waals surface area (Å²) in [6.07, 6.45) is 1.11. The van der Waals surface area contributed by atoms with Gasteiger partial charge in [0, 0.05) is 18.3 Å². The van der Waals surface area contributed by atoms with Gasteiger partial charge in [0.15, 0.2) is 0 Å². The van der Waals surface area contributed by atoms with E-state index in [1.54, 1.807) is 0 Å². The van der Waals surface area contributed by atoms with Crippen LogP contribution in [0.1, 0.15) is 25.3 Å². The van der Waals surface area contributed by atoms with Crippen LogP contribution in [0.5, 0.6) is 0 Å². The molecule has 2 atom stereocenters. The number of carbonyl (C=O) groups excluding carboxylic acids is 1. The fourth-order valence-electron chi connectivity index (χ4n) is 2.38. The first kappa shape index (κ1) is 13.4. The standard InChI is InChI=1S/C15H19N3O/c1-11-3-5-13(6-4-11)18-10-8-12(2)17-15(19)14(18)7-9-16/h3-6,12,14H,7-8,10H2,1-2H3,(H,17,19). The van der Waals surface area contributed by atoms with Crippen molar-refractivity contribution >= 4 is 11.6 Å². The van der Waals surface area contributed by atoms with Crippen LogP contribution >= 0.6 is 0 Å². The summed E-state index contributed by atoms with van der Waals surface area (Å²) in [4.78, 5) is 14.2. The van der Waals surface area contributed by atoms with E-state index < -0.39 is 6.04 Å². The van der Waals surface area contributed by atoms with E-state index in [4.69, 9.17) is 5.26 Å². The number of hydrogen-bond donors (Lipinski definition) is 1. The first-order chi connectivity index (χ1) is 9.11. The second-order valence-electron chi connectivity index (χ2n) is 5.11. The van der Waals surface area contributed by atoms with Gasteiger partial charge in [0.1, 0.15) is 6.04 Å². The van der Waals surface area contributed by atoms with Crippen LogP contribution in [-0.2, 0) is 4.79 Å². The van der Waals surface area contributed by atoms with Crippen LogP contribution in [0.3, 0.4) is 0 Å². The Labute approximate surface area is 114 Å². The van der Waals surface area contributed by atoms with E-state index in [1.165, 1.54) is 5.56 Å². The van der Waals surface area contributed by atoms with Gasteiger partial charge in [-0.05, 0) is 32.4 Å². The lowest BCUT2D eigenvalue weighted by molar-refractivity contribution is -0.122. The second kappa shape index (κ2) is 5.75. The average molecular weight is 257 g/mol. The lowest BCUT2D eigenvalue weighted by Gasteiger charge is -2.29. The lowest BCUT2D eigenvalue weighted by Crippen LogP contribution is -2.45. The molecule has 0 saturated carbocycles. The Hall–Kier alpha value is -2.02. The van der Waals surface area contributed by atoms with Gasteiger partial charge in [-0.3, -0.25) is 4.79 Å². The summed E-state index contributed by atoms with van der Waals surface area (Å²) in [6, 6.07) is 9.98. The van der Waals surface area contributed by atoms with Crippen molar-refractivity contribution < 1.29 is 4.79 Å². The largest absolute Gasteiger partial charge is 0.359 e. The van der Waals surface area contributed by atoms with E-state index in [-0.39, 0.29) is 18.4 Å². The third kappa shape index (κ3) is 3.05. The van der Waals surface area contributed by atoms with Gasteiger partial charge in [-0.2, -0.15) is 5.26 Å². The molecule has 2 rings (SSSR count). The fourth-order valence-corrected chi connectivity index (χ4v) is 2.38. The van der Waals surface area contributed by atoms with E-state index in [0.717, 1.165) is 18.7 Å². The van der Waals surface area contributed by atoms with Gasteiger partial charge in [0.2, 0.25) is 5.91 Å². The molecule has 1 amide bonds. The number of nitriles is 1. The van der Waals surface area contributed by atoms with Crippen LogP contribution in [0.2, 0.25) is 0 Å². The van der Waals surface area contributed by atoms with Crippen molar-refractivity contribution in [3.63, 3.8) is 0 Å². The lowest BCUT2D eigenvalue weighted by atomic mass is 10.1.